The molecule has 0 radical (unpaired) electrons. The number of hydrogen-bond donors (Lipinski definition) is 3. The van der Waals surface area contributed by atoms with E-state index in [9.17, 15) is 4.79 Å². The first-order valence-corrected chi connectivity index (χ1v) is 7.47. The molecule has 3 rings (SSSR count). The van der Waals surface area contributed by atoms with Crippen LogP contribution >= 0.6 is 11.8 Å². The van der Waals surface area contributed by atoms with E-state index in [1.165, 1.54) is 5.39 Å². The largest absolute Gasteiger partial charge is 0.456 e. The number of benzene rings is 1. The summed E-state index contributed by atoms with van der Waals surface area (Å²) in [4.78, 5) is 14.8. The van der Waals surface area contributed by atoms with Crippen LogP contribution < -0.4 is 11.3 Å². The summed E-state index contributed by atoms with van der Waals surface area (Å²) >= 11 is 1.67. The third-order valence-electron chi connectivity index (χ3n) is 3.26. The summed E-state index contributed by atoms with van der Waals surface area (Å²) in [5.41, 5.74) is 4.17. The molecular weight excluding hydrogens is 286 g/mol. The maximum Gasteiger partial charge on any atom is 0.300 e. The van der Waals surface area contributed by atoms with Crippen molar-refractivity contribution in [2.75, 3.05) is 0 Å². The Labute approximate surface area is 125 Å². The van der Waals surface area contributed by atoms with Gasteiger partial charge in [0, 0.05) is 22.2 Å². The van der Waals surface area contributed by atoms with Crippen LogP contribution in [0.1, 0.15) is 21.9 Å². The van der Waals surface area contributed by atoms with Gasteiger partial charge in [-0.25, -0.2) is 5.84 Å². The lowest BCUT2D eigenvalue weighted by Crippen LogP contribution is -2.29. The van der Waals surface area contributed by atoms with E-state index in [1.54, 1.807) is 17.8 Å². The highest BCUT2D eigenvalue weighted by Crippen LogP contribution is 2.28. The molecule has 3 aromatic rings. The summed E-state index contributed by atoms with van der Waals surface area (Å²) in [7, 11) is 0. The van der Waals surface area contributed by atoms with Gasteiger partial charge in [0.2, 0.25) is 0 Å². The number of hydrazine groups is 1. The van der Waals surface area contributed by atoms with E-state index in [4.69, 9.17) is 10.3 Å². The Morgan fingerprint density at radius 1 is 1.38 bits per heavy atom. The van der Waals surface area contributed by atoms with Crippen LogP contribution in [0.4, 0.5) is 0 Å². The Hall–Kier alpha value is -2.18. The Bertz CT molecular complexity index is 758. The maximum atomic E-state index is 11.4. The third-order valence-corrected chi connectivity index (χ3v) is 4.25. The van der Waals surface area contributed by atoms with Crippen LogP contribution in [0.15, 0.2) is 45.8 Å². The van der Waals surface area contributed by atoms with Crippen molar-refractivity contribution in [3.63, 3.8) is 0 Å². The number of rotatable bonds is 4. The fourth-order valence-corrected chi connectivity index (χ4v) is 3.12. The van der Waals surface area contributed by atoms with E-state index in [-0.39, 0.29) is 5.76 Å². The molecule has 2 aromatic heterocycles. The first-order chi connectivity index (χ1) is 10.2. The van der Waals surface area contributed by atoms with Crippen molar-refractivity contribution < 1.29 is 9.21 Å². The molecular formula is C15H15N3O2S. The van der Waals surface area contributed by atoms with E-state index in [0.29, 0.717) is 0 Å². The molecule has 1 amide bonds. The monoisotopic (exact) mass is 301 g/mol. The van der Waals surface area contributed by atoms with E-state index in [1.807, 2.05) is 25.1 Å². The number of aromatic nitrogens is 1. The second-order valence-corrected chi connectivity index (χ2v) is 5.69. The Morgan fingerprint density at radius 3 is 2.95 bits per heavy atom. The number of nitrogens with one attached hydrogen (secondary N) is 2. The van der Waals surface area contributed by atoms with E-state index >= 15 is 0 Å². The van der Waals surface area contributed by atoms with Gasteiger partial charge in [0.1, 0.15) is 5.76 Å². The molecule has 0 saturated carbocycles. The topological polar surface area (TPSA) is 84.1 Å². The number of aryl methyl sites for hydroxylation is 1. The molecule has 2 heterocycles. The normalized spacial score (nSPS) is 11.0. The zero-order valence-corrected chi connectivity index (χ0v) is 12.3. The zero-order chi connectivity index (χ0) is 14.8. The number of para-hydroxylation sites is 1. The standard InChI is InChI=1S/C15H15N3O2S/c1-9-11(6-13(20-9)15(19)18-16)8-21-14-7-10-4-2-3-5-12(10)17-14/h2-7,17H,8,16H2,1H3,(H,18,19). The average molecular weight is 301 g/mol. The van der Waals surface area contributed by atoms with Crippen LogP contribution in [-0.4, -0.2) is 10.9 Å². The highest BCUT2D eigenvalue weighted by Gasteiger charge is 2.13. The van der Waals surface area contributed by atoms with Crippen molar-refractivity contribution in [1.29, 1.82) is 0 Å². The molecule has 4 N–H and O–H groups in total. The zero-order valence-electron chi connectivity index (χ0n) is 11.5. The summed E-state index contributed by atoms with van der Waals surface area (Å²) in [5, 5.41) is 2.27. The van der Waals surface area contributed by atoms with E-state index in [0.717, 1.165) is 27.6 Å². The molecule has 0 atom stereocenters. The fraction of sp³-hybridized carbons (Fsp3) is 0.133. The summed E-state index contributed by atoms with van der Waals surface area (Å²) in [5.74, 6) is 6.38. The lowest BCUT2D eigenvalue weighted by atomic mass is 10.3. The Morgan fingerprint density at radius 2 is 2.19 bits per heavy atom. The highest BCUT2D eigenvalue weighted by atomic mass is 32.2. The highest BCUT2D eigenvalue weighted by molar-refractivity contribution is 7.98. The number of nitrogen functional groups attached to an aromatic ring is 1. The minimum atomic E-state index is -0.417. The molecule has 0 spiro atoms. The smallest absolute Gasteiger partial charge is 0.300 e. The molecule has 0 aliphatic carbocycles. The van der Waals surface area contributed by atoms with Crippen molar-refractivity contribution in [2.24, 2.45) is 5.84 Å². The van der Waals surface area contributed by atoms with Gasteiger partial charge in [-0.05, 0) is 25.1 Å². The molecule has 0 bridgehead atoms. The number of nitrogens with two attached hydrogens (primary N) is 1. The van der Waals surface area contributed by atoms with Gasteiger partial charge in [-0.1, -0.05) is 18.2 Å². The van der Waals surface area contributed by atoms with Crippen LogP contribution in [0.25, 0.3) is 10.9 Å². The number of fused-ring (bicyclic) bond motifs is 1. The summed E-state index contributed by atoms with van der Waals surface area (Å²) in [6.07, 6.45) is 0. The number of H-pyrrole nitrogens is 1. The predicted octanol–water partition coefficient (Wildman–Crippen LogP) is 2.97. The van der Waals surface area contributed by atoms with Gasteiger partial charge in [0.25, 0.3) is 0 Å². The van der Waals surface area contributed by atoms with Crippen molar-refractivity contribution in [3.05, 3.63) is 53.5 Å². The van der Waals surface area contributed by atoms with Crippen LogP contribution in [0.2, 0.25) is 0 Å². The van der Waals surface area contributed by atoms with Crippen molar-refractivity contribution in [2.45, 2.75) is 17.7 Å². The molecule has 0 aliphatic rings. The van der Waals surface area contributed by atoms with Gasteiger partial charge in [-0.2, -0.15) is 0 Å². The van der Waals surface area contributed by atoms with Crippen LogP contribution in [0, 0.1) is 6.92 Å². The molecule has 0 saturated heterocycles. The predicted molar refractivity (Wildman–Crippen MR) is 83.0 cm³/mol. The summed E-state index contributed by atoms with van der Waals surface area (Å²) in [6.45, 7) is 1.84. The Kier molecular flexibility index (Phi) is 3.72. The maximum absolute atomic E-state index is 11.4. The number of carbonyl (C=O) groups is 1. The molecule has 21 heavy (non-hydrogen) atoms. The molecule has 5 nitrogen and oxygen atoms in total. The van der Waals surface area contributed by atoms with Gasteiger partial charge < -0.3 is 9.40 Å². The first kappa shape index (κ1) is 13.8. The number of amides is 1. The van der Waals surface area contributed by atoms with Crippen LogP contribution in [0.5, 0.6) is 0 Å². The summed E-state index contributed by atoms with van der Waals surface area (Å²) < 4.78 is 5.40. The molecule has 6 heteroatoms. The molecule has 0 unspecified atom stereocenters. The summed E-state index contributed by atoms with van der Waals surface area (Å²) in [6, 6.07) is 12.0. The number of carbonyl (C=O) groups excluding carboxylic acids is 1. The van der Waals surface area contributed by atoms with Gasteiger partial charge >= 0.3 is 5.91 Å². The quantitative estimate of drug-likeness (QED) is 0.299. The van der Waals surface area contributed by atoms with E-state index in [2.05, 4.69) is 22.5 Å². The molecule has 0 fully saturated rings. The third kappa shape index (κ3) is 2.81. The van der Waals surface area contributed by atoms with Gasteiger partial charge in [-0.15, -0.1) is 11.8 Å². The van der Waals surface area contributed by atoms with Crippen molar-refractivity contribution in [3.8, 4) is 0 Å². The van der Waals surface area contributed by atoms with Crippen LogP contribution in [0.3, 0.4) is 0 Å². The van der Waals surface area contributed by atoms with Gasteiger partial charge in [0.15, 0.2) is 5.76 Å². The SMILES string of the molecule is Cc1oc(C(=O)NN)cc1CSc1cc2ccccc2[nH]1. The van der Waals surface area contributed by atoms with Crippen LogP contribution in [-0.2, 0) is 5.75 Å². The Balaban J connectivity index is 1.75. The molecule has 0 aliphatic heterocycles. The fourth-order valence-electron chi connectivity index (χ4n) is 2.13. The second kappa shape index (κ2) is 5.67. The van der Waals surface area contributed by atoms with Crippen molar-refractivity contribution in [1.82, 2.24) is 10.4 Å². The number of thioether (sulfide) groups is 1. The van der Waals surface area contributed by atoms with Gasteiger partial charge in [-0.3, -0.25) is 10.2 Å². The lowest BCUT2D eigenvalue weighted by Gasteiger charge is -1.96. The first-order valence-electron chi connectivity index (χ1n) is 6.48. The minimum absolute atomic E-state index is 0.238. The number of hydrogen-bond acceptors (Lipinski definition) is 4. The second-order valence-electron chi connectivity index (χ2n) is 4.68. The van der Waals surface area contributed by atoms with E-state index < -0.39 is 5.91 Å². The average Bonchev–Trinajstić information content (AvgIpc) is 3.07. The number of furan rings is 1. The molecule has 108 valence electrons. The van der Waals surface area contributed by atoms with Gasteiger partial charge in [0.05, 0.1) is 5.03 Å². The minimum Gasteiger partial charge on any atom is -0.456 e. The van der Waals surface area contributed by atoms with Crippen molar-refractivity contribution >= 4 is 28.6 Å². The number of aromatic amines is 1. The lowest BCUT2D eigenvalue weighted by molar-refractivity contribution is 0.0924. The molecule has 1 aromatic carbocycles.